The van der Waals surface area contributed by atoms with Gasteiger partial charge in [0.05, 0.1) is 5.92 Å². The maximum atomic E-state index is 12.6. The van der Waals surface area contributed by atoms with Gasteiger partial charge in [-0.2, -0.15) is 0 Å². The fourth-order valence-electron chi connectivity index (χ4n) is 4.15. The van der Waals surface area contributed by atoms with Crippen LogP contribution in [0.1, 0.15) is 31.2 Å². The number of carbonyl (C=O) groups excluding carboxylic acids is 2. The highest BCUT2D eigenvalue weighted by atomic mass is 16.2. The number of amides is 3. The molecule has 3 amide bonds. The van der Waals surface area contributed by atoms with Crippen LogP contribution in [0.5, 0.6) is 0 Å². The van der Waals surface area contributed by atoms with E-state index in [2.05, 4.69) is 10.6 Å². The average molecular weight is 315 g/mol. The predicted octanol–water partition coefficient (Wildman–Crippen LogP) is 2.77. The van der Waals surface area contributed by atoms with Crippen molar-refractivity contribution in [3.05, 3.63) is 29.8 Å². The number of nitrogens with one attached hydrogen (secondary N) is 2. The van der Waals surface area contributed by atoms with E-state index in [0.717, 1.165) is 36.9 Å². The third-order valence-corrected chi connectivity index (χ3v) is 5.48. The summed E-state index contributed by atoms with van der Waals surface area (Å²) in [5.41, 5.74) is 1.85. The Labute approximate surface area is 137 Å². The van der Waals surface area contributed by atoms with Gasteiger partial charge in [0, 0.05) is 31.2 Å². The maximum Gasteiger partial charge on any atom is 0.321 e. The minimum Gasteiger partial charge on any atom is -0.359 e. The van der Waals surface area contributed by atoms with Crippen LogP contribution in [-0.2, 0) is 4.79 Å². The molecule has 2 fully saturated rings. The van der Waals surface area contributed by atoms with Crippen LogP contribution in [0.25, 0.3) is 0 Å². The zero-order valence-corrected chi connectivity index (χ0v) is 13.9. The second kappa shape index (κ2) is 6.22. The van der Waals surface area contributed by atoms with Crippen LogP contribution in [-0.4, -0.2) is 37.0 Å². The Morgan fingerprint density at radius 2 is 1.91 bits per heavy atom. The molecule has 1 saturated carbocycles. The highest BCUT2D eigenvalue weighted by molar-refractivity contribution is 5.91. The van der Waals surface area contributed by atoms with Crippen molar-refractivity contribution in [2.24, 2.45) is 11.3 Å². The van der Waals surface area contributed by atoms with E-state index in [9.17, 15) is 9.59 Å². The summed E-state index contributed by atoms with van der Waals surface area (Å²) < 4.78 is 0. The number of anilines is 1. The third kappa shape index (κ3) is 2.92. The number of benzene rings is 1. The van der Waals surface area contributed by atoms with Gasteiger partial charge >= 0.3 is 6.03 Å². The lowest BCUT2D eigenvalue weighted by atomic mass is 9.76. The molecule has 1 aliphatic heterocycles. The zero-order valence-electron chi connectivity index (χ0n) is 13.9. The highest BCUT2D eigenvalue weighted by Crippen LogP contribution is 2.49. The highest BCUT2D eigenvalue weighted by Gasteiger charge is 2.52. The van der Waals surface area contributed by atoms with Crippen molar-refractivity contribution in [1.29, 1.82) is 0 Å². The van der Waals surface area contributed by atoms with Crippen LogP contribution in [0.15, 0.2) is 24.3 Å². The molecule has 0 radical (unpaired) electrons. The summed E-state index contributed by atoms with van der Waals surface area (Å²) in [5.74, 6) is -0.0179. The molecule has 5 heteroatoms. The first kappa shape index (κ1) is 15.8. The Hall–Kier alpha value is -2.04. The topological polar surface area (TPSA) is 61.4 Å². The fourth-order valence-corrected chi connectivity index (χ4v) is 4.15. The number of aryl methyl sites for hydroxylation is 1. The summed E-state index contributed by atoms with van der Waals surface area (Å²) in [6.07, 6.45) is 4.39. The van der Waals surface area contributed by atoms with E-state index in [0.29, 0.717) is 13.1 Å². The summed E-state index contributed by atoms with van der Waals surface area (Å²) in [5, 5.41) is 5.77. The van der Waals surface area contributed by atoms with Gasteiger partial charge in [0.1, 0.15) is 0 Å². The standard InChI is InChI=1S/C18H25N3O2/c1-13-7-3-4-8-15(13)20-17(23)21-11-14(16(22)19-2)18(12-21)9-5-6-10-18/h3-4,7-8,14H,5-6,9-12H2,1-2H3,(H,19,22)(H,20,23)/t14-/m0/s1. The van der Waals surface area contributed by atoms with Crippen molar-refractivity contribution < 1.29 is 9.59 Å². The number of likely N-dealkylation sites (tertiary alicyclic amines) is 1. The minimum atomic E-state index is -0.100. The summed E-state index contributed by atoms with van der Waals surface area (Å²) in [7, 11) is 1.68. The molecule has 5 nitrogen and oxygen atoms in total. The van der Waals surface area contributed by atoms with E-state index in [4.69, 9.17) is 0 Å². The van der Waals surface area contributed by atoms with E-state index in [1.165, 1.54) is 0 Å². The van der Waals surface area contributed by atoms with Crippen LogP contribution in [0.2, 0.25) is 0 Å². The molecule has 0 aromatic heterocycles. The van der Waals surface area contributed by atoms with Crippen molar-refractivity contribution in [1.82, 2.24) is 10.2 Å². The molecule has 2 N–H and O–H groups in total. The van der Waals surface area contributed by atoms with Crippen LogP contribution < -0.4 is 10.6 Å². The van der Waals surface area contributed by atoms with Crippen molar-refractivity contribution in [3.8, 4) is 0 Å². The Morgan fingerprint density at radius 3 is 2.57 bits per heavy atom. The number of nitrogens with zero attached hydrogens (tertiary/aromatic N) is 1. The first-order valence-electron chi connectivity index (χ1n) is 8.39. The van der Waals surface area contributed by atoms with E-state index in [1.807, 2.05) is 36.1 Å². The number of rotatable bonds is 2. The second-order valence-electron chi connectivity index (χ2n) is 6.86. The van der Waals surface area contributed by atoms with Gasteiger partial charge in [-0.3, -0.25) is 4.79 Å². The Balaban J connectivity index is 1.75. The fraction of sp³-hybridized carbons (Fsp3) is 0.556. The molecule has 0 unspecified atom stereocenters. The zero-order chi connectivity index (χ0) is 16.4. The summed E-state index contributed by atoms with van der Waals surface area (Å²) >= 11 is 0. The van der Waals surface area contributed by atoms with E-state index in [-0.39, 0.29) is 23.3 Å². The third-order valence-electron chi connectivity index (χ3n) is 5.48. The van der Waals surface area contributed by atoms with Crippen molar-refractivity contribution in [2.45, 2.75) is 32.6 Å². The lowest BCUT2D eigenvalue weighted by molar-refractivity contribution is -0.127. The van der Waals surface area contributed by atoms with Gasteiger partial charge in [-0.15, -0.1) is 0 Å². The van der Waals surface area contributed by atoms with Crippen LogP contribution >= 0.6 is 0 Å². The van der Waals surface area contributed by atoms with Crippen LogP contribution in [0, 0.1) is 18.3 Å². The molecule has 1 spiro atoms. The van der Waals surface area contributed by atoms with Gasteiger partial charge in [0.2, 0.25) is 5.91 Å². The lowest BCUT2D eigenvalue weighted by Gasteiger charge is -2.28. The number of carbonyl (C=O) groups is 2. The summed E-state index contributed by atoms with van der Waals surface area (Å²) in [6.45, 7) is 3.17. The molecule has 0 bridgehead atoms. The Kier molecular flexibility index (Phi) is 4.28. The molecule has 1 saturated heterocycles. The van der Waals surface area contributed by atoms with Gasteiger partial charge in [0.25, 0.3) is 0 Å². The van der Waals surface area contributed by atoms with Gasteiger partial charge in [-0.05, 0) is 31.4 Å². The van der Waals surface area contributed by atoms with E-state index >= 15 is 0 Å². The molecule has 1 atom stereocenters. The number of hydrogen-bond acceptors (Lipinski definition) is 2. The average Bonchev–Trinajstić information content (AvgIpc) is 3.17. The number of para-hydroxylation sites is 1. The first-order valence-corrected chi connectivity index (χ1v) is 8.39. The Morgan fingerprint density at radius 1 is 1.22 bits per heavy atom. The molecule has 1 aromatic carbocycles. The summed E-state index contributed by atoms with van der Waals surface area (Å²) in [4.78, 5) is 26.8. The molecule has 23 heavy (non-hydrogen) atoms. The summed E-state index contributed by atoms with van der Waals surface area (Å²) in [6, 6.07) is 7.65. The normalized spacial score (nSPS) is 22.3. The van der Waals surface area contributed by atoms with Crippen LogP contribution in [0.4, 0.5) is 10.5 Å². The lowest BCUT2D eigenvalue weighted by Crippen LogP contribution is -2.38. The molecule has 1 heterocycles. The quantitative estimate of drug-likeness (QED) is 0.881. The van der Waals surface area contributed by atoms with E-state index in [1.54, 1.807) is 7.05 Å². The smallest absolute Gasteiger partial charge is 0.321 e. The minimum absolute atomic E-state index is 0.0246. The van der Waals surface area contributed by atoms with Crippen molar-refractivity contribution >= 4 is 17.6 Å². The molecular weight excluding hydrogens is 290 g/mol. The monoisotopic (exact) mass is 315 g/mol. The molecular formula is C18H25N3O2. The van der Waals surface area contributed by atoms with Gasteiger partial charge in [-0.1, -0.05) is 31.0 Å². The molecule has 1 aliphatic carbocycles. The molecule has 2 aliphatic rings. The predicted molar refractivity (Wildman–Crippen MR) is 90.2 cm³/mol. The molecule has 1 aromatic rings. The number of hydrogen-bond donors (Lipinski definition) is 2. The Bertz CT molecular complexity index is 608. The SMILES string of the molecule is CNC(=O)[C@@H]1CN(C(=O)Nc2ccccc2C)CC12CCCC2. The van der Waals surface area contributed by atoms with E-state index < -0.39 is 0 Å². The van der Waals surface area contributed by atoms with Crippen molar-refractivity contribution in [2.75, 3.05) is 25.5 Å². The first-order chi connectivity index (χ1) is 11.1. The van der Waals surface area contributed by atoms with Gasteiger partial charge < -0.3 is 15.5 Å². The number of urea groups is 1. The molecule has 3 rings (SSSR count). The van der Waals surface area contributed by atoms with Gasteiger partial charge in [0.15, 0.2) is 0 Å². The second-order valence-corrected chi connectivity index (χ2v) is 6.86. The largest absolute Gasteiger partial charge is 0.359 e. The van der Waals surface area contributed by atoms with Crippen molar-refractivity contribution in [3.63, 3.8) is 0 Å². The van der Waals surface area contributed by atoms with Crippen LogP contribution in [0.3, 0.4) is 0 Å². The maximum absolute atomic E-state index is 12.6. The molecule has 124 valence electrons. The van der Waals surface area contributed by atoms with Gasteiger partial charge in [-0.25, -0.2) is 4.79 Å².